The van der Waals surface area contributed by atoms with Gasteiger partial charge in [0.05, 0.1) is 18.8 Å². The first kappa shape index (κ1) is 15.9. The summed E-state index contributed by atoms with van der Waals surface area (Å²) in [6, 6.07) is 0.345. The highest BCUT2D eigenvalue weighted by molar-refractivity contribution is 4.84. The third-order valence-electron chi connectivity index (χ3n) is 3.94. The predicted octanol–water partition coefficient (Wildman–Crippen LogP) is 2.99. The van der Waals surface area contributed by atoms with Gasteiger partial charge in [-0.05, 0) is 38.6 Å². The van der Waals surface area contributed by atoms with Crippen molar-refractivity contribution >= 4 is 0 Å². The smallest absolute Gasteiger partial charge is 0.0774 e. The van der Waals surface area contributed by atoms with Gasteiger partial charge in [-0.25, -0.2) is 0 Å². The van der Waals surface area contributed by atoms with E-state index < -0.39 is 0 Å². The summed E-state index contributed by atoms with van der Waals surface area (Å²) in [6.45, 7) is 6.85. The molecular formula is C15H31NO2. The molecule has 2 unspecified atom stereocenters. The molecule has 0 radical (unpaired) electrons. The Hall–Kier alpha value is -0.120. The third-order valence-corrected chi connectivity index (χ3v) is 3.94. The summed E-state index contributed by atoms with van der Waals surface area (Å²) in [7, 11) is 1.85. The molecule has 0 amide bonds. The lowest BCUT2D eigenvalue weighted by atomic mass is 9.82. The van der Waals surface area contributed by atoms with Crippen LogP contribution in [0.4, 0.5) is 0 Å². The minimum atomic E-state index is 0.309. The van der Waals surface area contributed by atoms with E-state index in [0.717, 1.165) is 26.2 Å². The molecule has 0 spiro atoms. The minimum absolute atomic E-state index is 0.309. The van der Waals surface area contributed by atoms with Crippen molar-refractivity contribution in [2.75, 3.05) is 26.9 Å². The predicted molar refractivity (Wildman–Crippen MR) is 75.9 cm³/mol. The Morgan fingerprint density at radius 1 is 1.17 bits per heavy atom. The maximum Gasteiger partial charge on any atom is 0.0774 e. The van der Waals surface area contributed by atoms with E-state index in [0.29, 0.717) is 18.1 Å². The van der Waals surface area contributed by atoms with Crippen molar-refractivity contribution in [3.8, 4) is 0 Å². The molecular weight excluding hydrogens is 226 g/mol. The highest BCUT2D eigenvalue weighted by Gasteiger charge is 2.30. The highest BCUT2D eigenvalue weighted by atomic mass is 16.5. The van der Waals surface area contributed by atoms with E-state index >= 15 is 0 Å². The first-order valence-electron chi connectivity index (χ1n) is 7.67. The second-order valence-electron chi connectivity index (χ2n) is 5.32. The second-order valence-corrected chi connectivity index (χ2v) is 5.32. The monoisotopic (exact) mass is 257 g/mol. The fraction of sp³-hybridized carbons (Fsp3) is 1.00. The number of hydrogen-bond acceptors (Lipinski definition) is 3. The summed E-state index contributed by atoms with van der Waals surface area (Å²) in [5.74, 6) is 0.707. The van der Waals surface area contributed by atoms with E-state index in [2.05, 4.69) is 19.2 Å². The lowest BCUT2D eigenvalue weighted by Gasteiger charge is -2.35. The number of rotatable bonds is 9. The number of nitrogens with one attached hydrogen (secondary N) is 1. The Kier molecular flexibility index (Phi) is 8.64. The van der Waals surface area contributed by atoms with Gasteiger partial charge in [-0.1, -0.05) is 26.2 Å². The second kappa shape index (κ2) is 9.76. The summed E-state index contributed by atoms with van der Waals surface area (Å²) in [5.41, 5.74) is 0. The van der Waals surface area contributed by atoms with Crippen LogP contribution in [0.3, 0.4) is 0 Å². The first-order chi connectivity index (χ1) is 8.83. The van der Waals surface area contributed by atoms with Crippen LogP contribution in [-0.4, -0.2) is 39.0 Å². The average molecular weight is 257 g/mol. The van der Waals surface area contributed by atoms with Crippen LogP contribution < -0.4 is 5.32 Å². The Morgan fingerprint density at radius 3 is 2.44 bits per heavy atom. The van der Waals surface area contributed by atoms with Gasteiger partial charge in [-0.15, -0.1) is 0 Å². The molecule has 1 saturated carbocycles. The van der Waals surface area contributed by atoms with Crippen molar-refractivity contribution in [3.63, 3.8) is 0 Å². The van der Waals surface area contributed by atoms with Crippen molar-refractivity contribution in [1.82, 2.24) is 5.32 Å². The van der Waals surface area contributed by atoms with Gasteiger partial charge in [0, 0.05) is 13.7 Å². The maximum atomic E-state index is 5.80. The molecule has 0 aromatic carbocycles. The molecule has 18 heavy (non-hydrogen) atoms. The molecule has 0 aromatic rings. The molecule has 108 valence electrons. The molecule has 0 aliphatic heterocycles. The minimum Gasteiger partial charge on any atom is -0.380 e. The van der Waals surface area contributed by atoms with Gasteiger partial charge in [0.15, 0.2) is 0 Å². The van der Waals surface area contributed by atoms with Crippen molar-refractivity contribution in [2.45, 2.75) is 64.5 Å². The fourth-order valence-electron chi connectivity index (χ4n) is 2.99. The van der Waals surface area contributed by atoms with Gasteiger partial charge in [0.2, 0.25) is 0 Å². The molecule has 1 aliphatic rings. The quantitative estimate of drug-likeness (QED) is 0.689. The normalized spacial score (nSPS) is 20.8. The van der Waals surface area contributed by atoms with Crippen LogP contribution in [0.2, 0.25) is 0 Å². The molecule has 3 heteroatoms. The molecule has 2 atom stereocenters. The van der Waals surface area contributed by atoms with Crippen molar-refractivity contribution < 1.29 is 9.47 Å². The molecule has 0 saturated heterocycles. The zero-order chi connectivity index (χ0) is 13.2. The van der Waals surface area contributed by atoms with E-state index in [1.807, 2.05) is 7.11 Å². The molecule has 1 aliphatic carbocycles. The number of hydrogen-bond donors (Lipinski definition) is 1. The lowest BCUT2D eigenvalue weighted by molar-refractivity contribution is -0.0187. The maximum absolute atomic E-state index is 5.80. The average Bonchev–Trinajstić information content (AvgIpc) is 2.43. The van der Waals surface area contributed by atoms with Gasteiger partial charge in [0.25, 0.3) is 0 Å². The molecule has 0 aromatic heterocycles. The van der Waals surface area contributed by atoms with E-state index in [4.69, 9.17) is 9.47 Å². The van der Waals surface area contributed by atoms with Gasteiger partial charge >= 0.3 is 0 Å². The van der Waals surface area contributed by atoms with Crippen LogP contribution in [0, 0.1) is 5.92 Å². The molecule has 0 bridgehead atoms. The largest absolute Gasteiger partial charge is 0.380 e. The Bertz CT molecular complexity index is 185. The third kappa shape index (κ3) is 5.25. The number of ether oxygens (including phenoxy) is 2. The lowest BCUT2D eigenvalue weighted by Crippen LogP contribution is -2.48. The van der Waals surface area contributed by atoms with Crippen molar-refractivity contribution in [1.29, 1.82) is 0 Å². The number of methoxy groups -OCH3 is 1. The highest BCUT2D eigenvalue weighted by Crippen LogP contribution is 2.29. The van der Waals surface area contributed by atoms with Crippen molar-refractivity contribution in [2.24, 2.45) is 5.92 Å². The first-order valence-corrected chi connectivity index (χ1v) is 7.67. The zero-order valence-electron chi connectivity index (χ0n) is 12.4. The van der Waals surface area contributed by atoms with Crippen LogP contribution in [0.1, 0.15) is 52.4 Å². The van der Waals surface area contributed by atoms with Crippen LogP contribution in [0.5, 0.6) is 0 Å². The van der Waals surface area contributed by atoms with E-state index in [1.165, 1.54) is 32.1 Å². The summed E-state index contributed by atoms with van der Waals surface area (Å²) in [6.07, 6.45) is 8.21. The summed E-state index contributed by atoms with van der Waals surface area (Å²) >= 11 is 0. The van der Waals surface area contributed by atoms with Crippen LogP contribution in [0.25, 0.3) is 0 Å². The molecule has 1 rings (SSSR count). The van der Waals surface area contributed by atoms with Crippen LogP contribution in [-0.2, 0) is 9.47 Å². The Labute approximate surface area is 113 Å². The van der Waals surface area contributed by atoms with E-state index in [-0.39, 0.29) is 0 Å². The van der Waals surface area contributed by atoms with E-state index in [1.54, 1.807) is 0 Å². The summed E-state index contributed by atoms with van der Waals surface area (Å²) < 4.78 is 11.4. The van der Waals surface area contributed by atoms with Gasteiger partial charge in [-0.2, -0.15) is 0 Å². The van der Waals surface area contributed by atoms with Gasteiger partial charge < -0.3 is 14.8 Å². The Balaban J connectivity index is 2.52. The molecule has 1 N–H and O–H groups in total. The zero-order valence-corrected chi connectivity index (χ0v) is 12.4. The topological polar surface area (TPSA) is 30.5 Å². The molecule has 1 fully saturated rings. The standard InChI is InChI=1S/C15H31NO2/c1-4-11-16-14(12-18-5-2)15(17-3)13-9-7-6-8-10-13/h13-16H,4-12H2,1-3H3. The van der Waals surface area contributed by atoms with E-state index in [9.17, 15) is 0 Å². The fourth-order valence-corrected chi connectivity index (χ4v) is 2.99. The van der Waals surface area contributed by atoms with Crippen molar-refractivity contribution in [3.05, 3.63) is 0 Å². The molecule has 3 nitrogen and oxygen atoms in total. The summed E-state index contributed by atoms with van der Waals surface area (Å²) in [4.78, 5) is 0. The Morgan fingerprint density at radius 2 is 1.89 bits per heavy atom. The van der Waals surface area contributed by atoms with Crippen LogP contribution in [0.15, 0.2) is 0 Å². The van der Waals surface area contributed by atoms with Gasteiger partial charge in [0.1, 0.15) is 0 Å². The van der Waals surface area contributed by atoms with Crippen LogP contribution >= 0.6 is 0 Å². The summed E-state index contributed by atoms with van der Waals surface area (Å²) in [5, 5.41) is 3.60. The molecule has 0 heterocycles. The van der Waals surface area contributed by atoms with Gasteiger partial charge in [-0.3, -0.25) is 0 Å². The SMILES string of the molecule is CCCNC(COCC)C(OC)C1CCCCC1.